The lowest BCUT2D eigenvalue weighted by atomic mass is 10.1. The van der Waals surface area contributed by atoms with Crippen LogP contribution in [0.15, 0.2) is 24.4 Å². The normalized spacial score (nSPS) is 12.7. The second-order valence-electron chi connectivity index (χ2n) is 5.62. The summed E-state index contributed by atoms with van der Waals surface area (Å²) in [4.78, 5) is 11.6. The number of hydrogen-bond donors (Lipinski definition) is 1. The lowest BCUT2D eigenvalue weighted by molar-refractivity contribution is -0.145. The summed E-state index contributed by atoms with van der Waals surface area (Å²) < 4.78 is 51.3. The van der Waals surface area contributed by atoms with Crippen LogP contribution in [0.5, 0.6) is 5.75 Å². The highest BCUT2D eigenvalue weighted by atomic mass is 19.4. The van der Waals surface area contributed by atoms with Gasteiger partial charge in [-0.2, -0.15) is 18.3 Å². The number of nitrogens with two attached hydrogens (primary N) is 1. The second kappa shape index (κ2) is 7.77. The number of methoxy groups -OCH3 is 1. The SMILES string of the molecule is CCOC(=O)C[C@H](N)c1cn(-c2c(C)cccc2OC)nc1C(F)(F)F. The van der Waals surface area contributed by atoms with Crippen LogP contribution in [-0.4, -0.2) is 29.5 Å². The Morgan fingerprint density at radius 1 is 1.38 bits per heavy atom. The molecule has 1 heterocycles. The van der Waals surface area contributed by atoms with Gasteiger partial charge in [0, 0.05) is 17.8 Å². The first-order valence-electron chi connectivity index (χ1n) is 7.91. The fourth-order valence-electron chi connectivity index (χ4n) is 2.59. The zero-order valence-electron chi connectivity index (χ0n) is 14.6. The number of nitrogens with zero attached hydrogens (tertiary/aromatic N) is 2. The van der Waals surface area contributed by atoms with Crippen molar-refractivity contribution in [1.82, 2.24) is 9.78 Å². The van der Waals surface area contributed by atoms with Crippen LogP contribution in [0.3, 0.4) is 0 Å². The molecule has 26 heavy (non-hydrogen) atoms. The molecule has 0 aliphatic heterocycles. The van der Waals surface area contributed by atoms with E-state index in [4.69, 9.17) is 15.2 Å². The summed E-state index contributed by atoms with van der Waals surface area (Å²) in [5.74, 6) is -0.305. The Morgan fingerprint density at radius 2 is 2.08 bits per heavy atom. The molecule has 2 rings (SSSR count). The number of para-hydroxylation sites is 1. The highest BCUT2D eigenvalue weighted by Crippen LogP contribution is 2.36. The Morgan fingerprint density at radius 3 is 2.65 bits per heavy atom. The van der Waals surface area contributed by atoms with Gasteiger partial charge in [-0.3, -0.25) is 4.79 Å². The Bertz CT molecular complexity index is 787. The van der Waals surface area contributed by atoms with Crippen molar-refractivity contribution in [3.63, 3.8) is 0 Å². The number of benzene rings is 1. The molecule has 1 atom stereocenters. The summed E-state index contributed by atoms with van der Waals surface area (Å²) in [5, 5.41) is 3.68. The molecule has 0 aliphatic rings. The van der Waals surface area contributed by atoms with Crippen molar-refractivity contribution < 1.29 is 27.4 Å². The summed E-state index contributed by atoms with van der Waals surface area (Å²) in [6.45, 7) is 3.45. The van der Waals surface area contributed by atoms with E-state index in [1.54, 1.807) is 32.0 Å². The van der Waals surface area contributed by atoms with Crippen molar-refractivity contribution in [3.8, 4) is 11.4 Å². The van der Waals surface area contributed by atoms with Crippen molar-refractivity contribution in [2.45, 2.75) is 32.5 Å². The van der Waals surface area contributed by atoms with E-state index >= 15 is 0 Å². The third kappa shape index (κ3) is 4.16. The molecule has 0 saturated carbocycles. The number of ether oxygens (including phenoxy) is 2. The molecule has 0 fully saturated rings. The van der Waals surface area contributed by atoms with E-state index in [0.717, 1.165) is 4.68 Å². The van der Waals surface area contributed by atoms with Gasteiger partial charge in [0.2, 0.25) is 0 Å². The highest BCUT2D eigenvalue weighted by molar-refractivity contribution is 5.70. The Kier molecular flexibility index (Phi) is 5.91. The fraction of sp³-hybridized carbons (Fsp3) is 0.412. The molecular weight excluding hydrogens is 351 g/mol. The molecule has 1 aromatic heterocycles. The van der Waals surface area contributed by atoms with Crippen LogP contribution in [-0.2, 0) is 15.7 Å². The molecule has 0 spiro atoms. The highest BCUT2D eigenvalue weighted by Gasteiger charge is 2.39. The summed E-state index contributed by atoms with van der Waals surface area (Å²) in [6.07, 6.45) is -3.92. The Hall–Kier alpha value is -2.55. The maximum atomic E-state index is 13.4. The first-order valence-corrected chi connectivity index (χ1v) is 7.91. The van der Waals surface area contributed by atoms with Crippen LogP contribution < -0.4 is 10.5 Å². The van der Waals surface area contributed by atoms with Crippen LogP contribution in [0.4, 0.5) is 13.2 Å². The number of halogens is 3. The molecule has 6 nitrogen and oxygen atoms in total. The van der Waals surface area contributed by atoms with Gasteiger partial charge in [0.15, 0.2) is 5.69 Å². The summed E-state index contributed by atoms with van der Waals surface area (Å²) in [5.41, 5.74) is 5.46. The molecule has 9 heteroatoms. The molecule has 0 radical (unpaired) electrons. The van der Waals surface area contributed by atoms with Crippen LogP contribution in [0.2, 0.25) is 0 Å². The van der Waals surface area contributed by atoms with Crippen molar-refractivity contribution in [2.75, 3.05) is 13.7 Å². The van der Waals surface area contributed by atoms with Crippen LogP contribution >= 0.6 is 0 Å². The number of alkyl halides is 3. The van der Waals surface area contributed by atoms with E-state index in [2.05, 4.69) is 5.10 Å². The molecular formula is C17H20F3N3O3. The van der Waals surface area contributed by atoms with Crippen LogP contribution in [0, 0.1) is 6.92 Å². The second-order valence-corrected chi connectivity index (χ2v) is 5.62. The lowest BCUT2D eigenvalue weighted by Crippen LogP contribution is -2.20. The minimum atomic E-state index is -4.72. The maximum absolute atomic E-state index is 13.4. The summed E-state index contributed by atoms with van der Waals surface area (Å²) in [7, 11) is 1.42. The third-order valence-corrected chi connectivity index (χ3v) is 3.75. The molecule has 0 saturated heterocycles. The van der Waals surface area contributed by atoms with Gasteiger partial charge < -0.3 is 15.2 Å². The van der Waals surface area contributed by atoms with Crippen molar-refractivity contribution in [3.05, 3.63) is 41.2 Å². The van der Waals surface area contributed by atoms with Gasteiger partial charge in [-0.05, 0) is 25.5 Å². The smallest absolute Gasteiger partial charge is 0.435 e. The van der Waals surface area contributed by atoms with Crippen molar-refractivity contribution in [2.24, 2.45) is 5.73 Å². The standard InChI is InChI=1S/C17H20F3N3O3/c1-4-26-14(24)8-12(21)11-9-23(22-16(11)17(18,19)20)15-10(2)6-5-7-13(15)25-3/h5-7,9,12H,4,8,21H2,1-3H3/t12-/m0/s1. The van der Waals surface area contributed by atoms with E-state index in [1.807, 2.05) is 0 Å². The van der Waals surface area contributed by atoms with E-state index in [9.17, 15) is 18.0 Å². The number of hydrogen-bond acceptors (Lipinski definition) is 5. The van der Waals surface area contributed by atoms with Gasteiger partial charge in [-0.25, -0.2) is 4.68 Å². The zero-order chi connectivity index (χ0) is 19.5. The van der Waals surface area contributed by atoms with E-state index in [-0.39, 0.29) is 18.6 Å². The Labute approximate surface area is 148 Å². The lowest BCUT2D eigenvalue weighted by Gasteiger charge is -2.12. The average molecular weight is 371 g/mol. The molecule has 0 aliphatic carbocycles. The van der Waals surface area contributed by atoms with Crippen LogP contribution in [0.25, 0.3) is 5.69 Å². The summed E-state index contributed by atoms with van der Waals surface area (Å²) in [6, 6.07) is 3.87. The molecule has 0 unspecified atom stereocenters. The fourth-order valence-corrected chi connectivity index (χ4v) is 2.59. The molecule has 1 aromatic carbocycles. The molecule has 0 bridgehead atoms. The zero-order valence-corrected chi connectivity index (χ0v) is 14.6. The minimum Gasteiger partial charge on any atom is -0.494 e. The number of aromatic nitrogens is 2. The molecule has 2 aromatic rings. The quantitative estimate of drug-likeness (QED) is 0.789. The van der Waals surface area contributed by atoms with Gasteiger partial charge in [0.05, 0.1) is 20.1 Å². The topological polar surface area (TPSA) is 79.4 Å². The number of carbonyl (C=O) groups is 1. The largest absolute Gasteiger partial charge is 0.494 e. The first-order chi connectivity index (χ1) is 12.2. The van der Waals surface area contributed by atoms with E-state index in [1.165, 1.54) is 13.3 Å². The number of carbonyl (C=O) groups excluding carboxylic acids is 1. The first kappa shape index (κ1) is 19.8. The average Bonchev–Trinajstić information content (AvgIpc) is 3.00. The van der Waals surface area contributed by atoms with Gasteiger partial charge in [-0.15, -0.1) is 0 Å². The van der Waals surface area contributed by atoms with Gasteiger partial charge >= 0.3 is 12.1 Å². The molecule has 142 valence electrons. The van der Waals surface area contributed by atoms with Gasteiger partial charge in [0.1, 0.15) is 11.4 Å². The van der Waals surface area contributed by atoms with Gasteiger partial charge in [0.25, 0.3) is 0 Å². The molecule has 2 N–H and O–H groups in total. The number of rotatable bonds is 6. The minimum absolute atomic E-state index is 0.122. The van der Waals surface area contributed by atoms with E-state index in [0.29, 0.717) is 17.0 Å². The predicted molar refractivity (Wildman–Crippen MR) is 88.0 cm³/mol. The van der Waals surface area contributed by atoms with Crippen molar-refractivity contribution in [1.29, 1.82) is 0 Å². The predicted octanol–water partition coefficient (Wildman–Crippen LogP) is 3.16. The summed E-state index contributed by atoms with van der Waals surface area (Å²) >= 11 is 0. The Balaban J connectivity index is 2.53. The third-order valence-electron chi connectivity index (χ3n) is 3.75. The van der Waals surface area contributed by atoms with Crippen LogP contribution in [0.1, 0.15) is 36.2 Å². The molecule has 0 amide bonds. The van der Waals surface area contributed by atoms with Crippen molar-refractivity contribution >= 4 is 5.97 Å². The number of aryl methyl sites for hydroxylation is 1. The number of esters is 1. The monoisotopic (exact) mass is 371 g/mol. The van der Waals surface area contributed by atoms with Gasteiger partial charge in [-0.1, -0.05) is 12.1 Å². The van der Waals surface area contributed by atoms with E-state index < -0.39 is 23.9 Å². The maximum Gasteiger partial charge on any atom is 0.435 e.